The number of hydrogen-bond acceptors (Lipinski definition) is 5. The van der Waals surface area contributed by atoms with Gasteiger partial charge in [-0.2, -0.15) is 0 Å². The van der Waals surface area contributed by atoms with Gasteiger partial charge in [-0.25, -0.2) is 19.6 Å². The third-order valence-electron chi connectivity index (χ3n) is 3.45. The van der Waals surface area contributed by atoms with Gasteiger partial charge in [-0.1, -0.05) is 13.8 Å². The van der Waals surface area contributed by atoms with Gasteiger partial charge in [-0.3, -0.25) is 5.32 Å². The average Bonchev–Trinajstić information content (AvgIpc) is 3.03. The monoisotopic (exact) mass is 441 g/mol. The molecule has 26 heavy (non-hydrogen) atoms. The van der Waals surface area contributed by atoms with Gasteiger partial charge in [0.05, 0.1) is 11.7 Å². The molecule has 0 saturated carbocycles. The summed E-state index contributed by atoms with van der Waals surface area (Å²) in [7, 11) is 0. The van der Waals surface area contributed by atoms with Crippen LogP contribution in [0.25, 0.3) is 10.6 Å². The fraction of sp³-hybridized carbons (Fsp3) is 0.375. The van der Waals surface area contributed by atoms with Gasteiger partial charge in [0.15, 0.2) is 0 Å². The molecular weight excluding hydrogens is 422 g/mol. The van der Waals surface area contributed by atoms with E-state index >= 15 is 0 Å². The predicted molar refractivity (Wildman–Crippen MR) is 104 cm³/mol. The Morgan fingerprint density at radius 3 is 2.73 bits per heavy atom. The zero-order valence-corrected chi connectivity index (χ0v) is 16.9. The topological polar surface area (TPSA) is 116 Å². The van der Waals surface area contributed by atoms with E-state index in [0.717, 1.165) is 10.0 Å². The standard InChI is InChI=1S/C16H20BrN5O3S/c1-4-18-15(23)21-12-5-9(10(17)6-19-12)14-20-11(7-26-14)13(8(2)3)22-16(24)25/h5-8,13,22H,4H2,1-3H3,(H,24,25)(H2,18,19,21,23)/t13-/m1/s1. The van der Waals surface area contributed by atoms with E-state index in [1.54, 1.807) is 12.3 Å². The second-order valence-electron chi connectivity index (χ2n) is 5.78. The molecule has 1 atom stereocenters. The van der Waals surface area contributed by atoms with Crippen LogP contribution in [0.2, 0.25) is 0 Å². The van der Waals surface area contributed by atoms with Crippen molar-refractivity contribution in [1.29, 1.82) is 0 Å². The highest BCUT2D eigenvalue weighted by atomic mass is 79.9. The van der Waals surface area contributed by atoms with Gasteiger partial charge in [0.2, 0.25) is 0 Å². The Morgan fingerprint density at radius 1 is 1.38 bits per heavy atom. The maximum Gasteiger partial charge on any atom is 0.405 e. The molecule has 0 aliphatic rings. The van der Waals surface area contributed by atoms with Crippen LogP contribution in [0.4, 0.5) is 15.4 Å². The van der Waals surface area contributed by atoms with Crippen LogP contribution in [0.15, 0.2) is 22.1 Å². The smallest absolute Gasteiger partial charge is 0.405 e. The lowest BCUT2D eigenvalue weighted by molar-refractivity contribution is 0.185. The number of amides is 3. The average molecular weight is 442 g/mol. The molecule has 4 N–H and O–H groups in total. The zero-order valence-electron chi connectivity index (χ0n) is 14.5. The Balaban J connectivity index is 2.29. The number of anilines is 1. The Labute approximate surface area is 163 Å². The van der Waals surface area contributed by atoms with Crippen LogP contribution in [0.5, 0.6) is 0 Å². The van der Waals surface area contributed by atoms with Crippen LogP contribution < -0.4 is 16.0 Å². The SMILES string of the molecule is CCNC(=O)Nc1cc(-c2nc([C@H](NC(=O)O)C(C)C)cs2)c(Br)cn1. The molecule has 140 valence electrons. The molecule has 0 radical (unpaired) electrons. The number of pyridine rings is 1. The number of nitrogens with one attached hydrogen (secondary N) is 3. The highest BCUT2D eigenvalue weighted by Crippen LogP contribution is 2.34. The second kappa shape index (κ2) is 8.95. The highest BCUT2D eigenvalue weighted by Gasteiger charge is 2.22. The van der Waals surface area contributed by atoms with Crippen molar-refractivity contribution in [3.05, 3.63) is 27.8 Å². The summed E-state index contributed by atoms with van der Waals surface area (Å²) in [6, 6.07) is 0.987. The van der Waals surface area contributed by atoms with Crippen LogP contribution in [0.1, 0.15) is 32.5 Å². The van der Waals surface area contributed by atoms with Crippen molar-refractivity contribution in [2.75, 3.05) is 11.9 Å². The van der Waals surface area contributed by atoms with Gasteiger partial charge >= 0.3 is 12.1 Å². The lowest BCUT2D eigenvalue weighted by Gasteiger charge is -2.18. The first-order valence-corrected chi connectivity index (χ1v) is 9.64. The molecule has 0 fully saturated rings. The third-order valence-corrected chi connectivity index (χ3v) is 4.98. The number of carboxylic acid groups (broad SMARTS) is 1. The third kappa shape index (κ3) is 5.15. The number of halogens is 1. The maximum absolute atomic E-state index is 11.7. The van der Waals surface area contributed by atoms with Crippen molar-refractivity contribution < 1.29 is 14.7 Å². The minimum atomic E-state index is -1.09. The quantitative estimate of drug-likeness (QED) is 0.538. The summed E-state index contributed by atoms with van der Waals surface area (Å²) >= 11 is 4.84. The summed E-state index contributed by atoms with van der Waals surface area (Å²) in [6.07, 6.45) is 0.504. The second-order valence-corrected chi connectivity index (χ2v) is 7.49. The molecule has 2 aromatic rings. The number of hydrogen-bond donors (Lipinski definition) is 4. The van der Waals surface area contributed by atoms with E-state index in [0.29, 0.717) is 23.1 Å². The summed E-state index contributed by atoms with van der Waals surface area (Å²) < 4.78 is 0.729. The first-order valence-electron chi connectivity index (χ1n) is 7.97. The summed E-state index contributed by atoms with van der Waals surface area (Å²) in [6.45, 7) is 6.19. The molecule has 8 nitrogen and oxygen atoms in total. The van der Waals surface area contributed by atoms with Crippen LogP contribution in [0, 0.1) is 5.92 Å². The molecule has 2 aromatic heterocycles. The van der Waals surface area contributed by atoms with Crippen LogP contribution in [0.3, 0.4) is 0 Å². The van der Waals surface area contributed by atoms with Gasteiger partial charge in [-0.15, -0.1) is 11.3 Å². The summed E-state index contributed by atoms with van der Waals surface area (Å²) in [5.74, 6) is 0.451. The number of urea groups is 1. The molecule has 2 heterocycles. The van der Waals surface area contributed by atoms with E-state index in [9.17, 15) is 9.59 Å². The zero-order chi connectivity index (χ0) is 19.3. The molecule has 2 rings (SSSR count). The fourth-order valence-electron chi connectivity index (χ4n) is 2.26. The van der Waals surface area contributed by atoms with Crippen molar-refractivity contribution >= 4 is 45.2 Å². The fourth-order valence-corrected chi connectivity index (χ4v) is 3.68. The molecule has 0 bridgehead atoms. The number of carbonyl (C=O) groups is 2. The number of carbonyl (C=O) groups excluding carboxylic acids is 1. The van der Waals surface area contributed by atoms with Crippen LogP contribution >= 0.6 is 27.3 Å². The maximum atomic E-state index is 11.7. The molecular formula is C16H20BrN5O3S. The normalized spacial score (nSPS) is 11.9. The number of nitrogens with zero attached hydrogens (tertiary/aromatic N) is 2. The van der Waals surface area contributed by atoms with Crippen molar-refractivity contribution in [2.24, 2.45) is 5.92 Å². The van der Waals surface area contributed by atoms with Gasteiger partial charge in [0.25, 0.3) is 0 Å². The Morgan fingerprint density at radius 2 is 2.12 bits per heavy atom. The van der Waals surface area contributed by atoms with Crippen molar-refractivity contribution in [3.63, 3.8) is 0 Å². The number of rotatable bonds is 6. The lowest BCUT2D eigenvalue weighted by atomic mass is 10.0. The van der Waals surface area contributed by atoms with E-state index in [1.165, 1.54) is 11.3 Å². The van der Waals surface area contributed by atoms with Gasteiger partial charge in [0.1, 0.15) is 10.8 Å². The lowest BCUT2D eigenvalue weighted by Crippen LogP contribution is -2.30. The molecule has 0 unspecified atom stereocenters. The van der Waals surface area contributed by atoms with Crippen molar-refractivity contribution in [1.82, 2.24) is 20.6 Å². The van der Waals surface area contributed by atoms with Crippen molar-refractivity contribution in [2.45, 2.75) is 26.8 Å². The van der Waals surface area contributed by atoms with Gasteiger partial charge in [-0.05, 0) is 34.8 Å². The predicted octanol–water partition coefficient (Wildman–Crippen LogP) is 4.07. The number of thiazole rings is 1. The first kappa shape index (κ1) is 20.1. The van der Waals surface area contributed by atoms with E-state index < -0.39 is 12.1 Å². The minimum absolute atomic E-state index is 0.0527. The Hall–Kier alpha value is -2.20. The Kier molecular flexibility index (Phi) is 6.92. The van der Waals surface area contributed by atoms with E-state index in [1.807, 2.05) is 26.2 Å². The minimum Gasteiger partial charge on any atom is -0.465 e. The molecule has 0 saturated heterocycles. The molecule has 0 spiro atoms. The van der Waals surface area contributed by atoms with E-state index in [2.05, 4.69) is 41.8 Å². The van der Waals surface area contributed by atoms with Crippen LogP contribution in [-0.2, 0) is 0 Å². The highest BCUT2D eigenvalue weighted by molar-refractivity contribution is 9.10. The van der Waals surface area contributed by atoms with Gasteiger partial charge in [0, 0.05) is 28.2 Å². The molecule has 0 aliphatic heterocycles. The molecule has 10 heteroatoms. The number of aromatic nitrogens is 2. The van der Waals surface area contributed by atoms with Gasteiger partial charge < -0.3 is 15.7 Å². The largest absolute Gasteiger partial charge is 0.465 e. The van der Waals surface area contributed by atoms with Crippen LogP contribution in [-0.4, -0.2) is 33.7 Å². The summed E-state index contributed by atoms with van der Waals surface area (Å²) in [5, 5.41) is 19.4. The molecule has 3 amide bonds. The van der Waals surface area contributed by atoms with Crippen molar-refractivity contribution in [3.8, 4) is 10.6 Å². The summed E-state index contributed by atoms with van der Waals surface area (Å²) in [4.78, 5) is 31.4. The van der Waals surface area contributed by atoms with E-state index in [-0.39, 0.29) is 11.9 Å². The first-order chi connectivity index (χ1) is 12.3. The van der Waals surface area contributed by atoms with E-state index in [4.69, 9.17) is 5.11 Å². The Bertz CT molecular complexity index is 796. The molecule has 0 aromatic carbocycles. The summed E-state index contributed by atoms with van der Waals surface area (Å²) in [5.41, 5.74) is 1.42. The molecule has 0 aliphatic carbocycles.